The van der Waals surface area contributed by atoms with Crippen molar-refractivity contribution in [1.29, 1.82) is 5.26 Å². The summed E-state index contributed by atoms with van der Waals surface area (Å²) in [5.74, 6) is -0.446. The molecule has 30 heavy (non-hydrogen) atoms. The van der Waals surface area contributed by atoms with Gasteiger partial charge in [-0.2, -0.15) is 5.26 Å². The minimum Gasteiger partial charge on any atom is -0.457 e. The van der Waals surface area contributed by atoms with Crippen LogP contribution in [0.3, 0.4) is 0 Å². The van der Waals surface area contributed by atoms with Gasteiger partial charge in [0.25, 0.3) is 5.91 Å². The molecular formula is C24H24N2O4. The van der Waals surface area contributed by atoms with Crippen LogP contribution in [0, 0.1) is 11.3 Å². The summed E-state index contributed by atoms with van der Waals surface area (Å²) in [7, 11) is 0. The molecule has 6 heteroatoms. The predicted molar refractivity (Wildman–Crippen MR) is 110 cm³/mol. The number of carbonyl (C=O) groups is 2. The molecule has 1 aliphatic heterocycles. The van der Waals surface area contributed by atoms with Gasteiger partial charge in [0.1, 0.15) is 23.0 Å². The zero-order valence-corrected chi connectivity index (χ0v) is 16.9. The van der Waals surface area contributed by atoms with Gasteiger partial charge in [0, 0.05) is 11.1 Å². The van der Waals surface area contributed by atoms with Gasteiger partial charge in [-0.1, -0.05) is 55.7 Å². The summed E-state index contributed by atoms with van der Waals surface area (Å²) in [6.07, 6.45) is 3.10. The topological polar surface area (TPSA) is 88.4 Å². The molecule has 1 fully saturated rings. The second kappa shape index (κ2) is 8.19. The molecule has 0 unspecified atom stereocenters. The lowest BCUT2D eigenvalue weighted by Crippen LogP contribution is -2.52. The molecule has 1 heterocycles. The highest BCUT2D eigenvalue weighted by Crippen LogP contribution is 2.44. The Morgan fingerprint density at radius 3 is 2.20 bits per heavy atom. The van der Waals surface area contributed by atoms with Crippen molar-refractivity contribution >= 4 is 11.9 Å². The number of nitrogens with one attached hydrogen (secondary N) is 1. The van der Waals surface area contributed by atoms with Crippen molar-refractivity contribution in [2.24, 2.45) is 0 Å². The van der Waals surface area contributed by atoms with E-state index in [1.54, 1.807) is 12.1 Å². The largest absolute Gasteiger partial charge is 0.457 e. The molecule has 6 nitrogen and oxygen atoms in total. The summed E-state index contributed by atoms with van der Waals surface area (Å²) in [6, 6.07) is 16.9. The summed E-state index contributed by atoms with van der Waals surface area (Å²) in [4.78, 5) is 25.9. The Kier molecular flexibility index (Phi) is 5.45. The van der Waals surface area contributed by atoms with Crippen LogP contribution in [0.25, 0.3) is 0 Å². The number of ether oxygens (including phenoxy) is 2. The van der Waals surface area contributed by atoms with Crippen molar-refractivity contribution < 1.29 is 19.1 Å². The van der Waals surface area contributed by atoms with E-state index >= 15 is 0 Å². The predicted octanol–water partition coefficient (Wildman–Crippen LogP) is 4.20. The average molecular weight is 404 g/mol. The van der Waals surface area contributed by atoms with Crippen molar-refractivity contribution in [2.45, 2.75) is 56.6 Å². The van der Waals surface area contributed by atoms with Crippen molar-refractivity contribution in [2.75, 3.05) is 0 Å². The first-order chi connectivity index (χ1) is 14.5. The third kappa shape index (κ3) is 3.76. The van der Waals surface area contributed by atoms with E-state index < -0.39 is 29.4 Å². The molecule has 154 valence electrons. The molecule has 0 aromatic heterocycles. The van der Waals surface area contributed by atoms with E-state index in [0.29, 0.717) is 35.5 Å². The lowest BCUT2D eigenvalue weighted by Gasteiger charge is -2.32. The number of hydrogen-bond acceptors (Lipinski definition) is 5. The summed E-state index contributed by atoms with van der Waals surface area (Å²) < 4.78 is 11.5. The van der Waals surface area contributed by atoms with Gasteiger partial charge in [-0.3, -0.25) is 9.59 Å². The van der Waals surface area contributed by atoms with E-state index in [2.05, 4.69) is 11.4 Å². The third-order valence-electron chi connectivity index (χ3n) is 5.86. The van der Waals surface area contributed by atoms with E-state index in [1.807, 2.05) is 36.4 Å². The highest BCUT2D eigenvalue weighted by Gasteiger charge is 2.38. The molecule has 2 aromatic carbocycles. The van der Waals surface area contributed by atoms with Crippen molar-refractivity contribution in [3.8, 4) is 17.6 Å². The van der Waals surface area contributed by atoms with Gasteiger partial charge >= 0.3 is 5.97 Å². The molecular weight excluding hydrogens is 380 g/mol. The zero-order valence-electron chi connectivity index (χ0n) is 16.9. The molecule has 0 spiro atoms. The summed E-state index contributed by atoms with van der Waals surface area (Å²) in [5.41, 5.74) is 0.539. The number of amides is 1. The van der Waals surface area contributed by atoms with Crippen LogP contribution < -0.4 is 10.1 Å². The second-order valence-corrected chi connectivity index (χ2v) is 7.93. The van der Waals surface area contributed by atoms with Crippen molar-refractivity contribution in [3.63, 3.8) is 0 Å². The Hall–Kier alpha value is -3.33. The normalized spacial score (nSPS) is 18.0. The molecule has 1 aliphatic carbocycles. The molecule has 0 radical (unpaired) electrons. The van der Waals surface area contributed by atoms with Gasteiger partial charge in [0.05, 0.1) is 6.07 Å². The summed E-state index contributed by atoms with van der Waals surface area (Å²) in [6.45, 7) is 1.54. The fraction of sp³-hybridized carbons (Fsp3) is 0.375. The van der Waals surface area contributed by atoms with E-state index in [0.717, 1.165) is 19.3 Å². The van der Waals surface area contributed by atoms with Crippen LogP contribution in [-0.2, 0) is 14.3 Å². The van der Waals surface area contributed by atoms with Crippen molar-refractivity contribution in [3.05, 3.63) is 59.7 Å². The summed E-state index contributed by atoms with van der Waals surface area (Å²) >= 11 is 0. The number of nitrogens with zero attached hydrogens (tertiary/aromatic N) is 1. The van der Waals surface area contributed by atoms with Crippen LogP contribution in [0.4, 0.5) is 0 Å². The average Bonchev–Trinajstić information content (AvgIpc) is 2.77. The zero-order chi connectivity index (χ0) is 21.1. The number of para-hydroxylation sites is 2. The highest BCUT2D eigenvalue weighted by atomic mass is 16.5. The van der Waals surface area contributed by atoms with Crippen LogP contribution >= 0.6 is 0 Å². The number of rotatable bonds is 4. The first kappa shape index (κ1) is 20.0. The number of nitriles is 1. The standard InChI is InChI=1S/C24H24N2O4/c1-16(22(27)26-24(15-25)13-7-2-8-14-24)29-23(28)21-17-9-3-5-11-19(17)30-20-12-6-4-10-18(20)21/h3-6,9-12,16,21H,2,7-8,13-14H2,1H3,(H,26,27)/t16-/m0/s1. The lowest BCUT2D eigenvalue weighted by molar-refractivity contribution is -0.156. The highest BCUT2D eigenvalue weighted by molar-refractivity contribution is 5.89. The minimum absolute atomic E-state index is 0.444. The molecule has 1 saturated carbocycles. The molecule has 2 aliphatic rings. The smallest absolute Gasteiger partial charge is 0.318 e. The Labute approximate surface area is 175 Å². The first-order valence-corrected chi connectivity index (χ1v) is 10.3. The van der Waals surface area contributed by atoms with E-state index in [-0.39, 0.29) is 0 Å². The number of esters is 1. The molecule has 0 saturated heterocycles. The van der Waals surface area contributed by atoms with Gasteiger partial charge in [0.2, 0.25) is 0 Å². The Balaban J connectivity index is 1.53. The van der Waals surface area contributed by atoms with E-state index in [4.69, 9.17) is 9.47 Å². The molecule has 1 N–H and O–H groups in total. The van der Waals surface area contributed by atoms with E-state index in [9.17, 15) is 14.9 Å². The molecule has 2 aromatic rings. The molecule has 0 bridgehead atoms. The Bertz CT molecular complexity index is 959. The van der Waals surface area contributed by atoms with Gasteiger partial charge < -0.3 is 14.8 Å². The molecule has 4 rings (SSSR count). The van der Waals surface area contributed by atoms with Crippen LogP contribution in [0.5, 0.6) is 11.5 Å². The lowest BCUT2D eigenvalue weighted by atomic mass is 9.82. The van der Waals surface area contributed by atoms with Crippen LogP contribution in [0.1, 0.15) is 56.1 Å². The maximum absolute atomic E-state index is 13.2. The SMILES string of the molecule is C[C@H](OC(=O)C1c2ccccc2Oc2ccccc21)C(=O)NC1(C#N)CCCCC1. The minimum atomic E-state index is -1.01. The first-order valence-electron chi connectivity index (χ1n) is 10.3. The van der Waals surface area contributed by atoms with Gasteiger partial charge in [-0.25, -0.2) is 0 Å². The van der Waals surface area contributed by atoms with Gasteiger partial charge in [-0.15, -0.1) is 0 Å². The number of benzene rings is 2. The monoisotopic (exact) mass is 404 g/mol. The van der Waals surface area contributed by atoms with Crippen molar-refractivity contribution in [1.82, 2.24) is 5.32 Å². The fourth-order valence-corrected chi connectivity index (χ4v) is 4.22. The third-order valence-corrected chi connectivity index (χ3v) is 5.86. The second-order valence-electron chi connectivity index (χ2n) is 7.93. The summed E-state index contributed by atoms with van der Waals surface area (Å²) in [5, 5.41) is 12.4. The molecule has 1 amide bonds. The maximum Gasteiger partial charge on any atom is 0.318 e. The number of fused-ring (bicyclic) bond motifs is 2. The quantitative estimate of drug-likeness (QED) is 0.772. The fourth-order valence-electron chi connectivity index (χ4n) is 4.22. The van der Waals surface area contributed by atoms with Gasteiger partial charge in [0.15, 0.2) is 6.10 Å². The van der Waals surface area contributed by atoms with Crippen LogP contribution in [0.2, 0.25) is 0 Å². The molecule has 1 atom stereocenters. The van der Waals surface area contributed by atoms with Crippen LogP contribution in [0.15, 0.2) is 48.5 Å². The number of carbonyl (C=O) groups excluding carboxylic acids is 2. The van der Waals surface area contributed by atoms with Gasteiger partial charge in [-0.05, 0) is 31.9 Å². The Morgan fingerprint density at radius 1 is 1.07 bits per heavy atom. The maximum atomic E-state index is 13.2. The van der Waals surface area contributed by atoms with E-state index in [1.165, 1.54) is 6.92 Å². The number of hydrogen-bond donors (Lipinski definition) is 1. The Morgan fingerprint density at radius 2 is 1.63 bits per heavy atom. The van der Waals surface area contributed by atoms with Crippen LogP contribution in [-0.4, -0.2) is 23.5 Å².